The standard InChI is InChI=1S/C10H10O2/c11-6-7-2-1-3-9-8(7)4-5-10(9)12/h1-3,11H,4-6H2. The van der Waals surface area contributed by atoms with Crippen LogP contribution in [0.1, 0.15) is 27.9 Å². The van der Waals surface area contributed by atoms with Gasteiger partial charge in [-0.15, -0.1) is 0 Å². The molecule has 0 bridgehead atoms. The van der Waals surface area contributed by atoms with Crippen molar-refractivity contribution in [3.63, 3.8) is 0 Å². The van der Waals surface area contributed by atoms with Crippen molar-refractivity contribution in [3.05, 3.63) is 34.9 Å². The molecule has 1 N–H and O–H groups in total. The Morgan fingerprint density at radius 2 is 2.17 bits per heavy atom. The molecule has 62 valence electrons. The van der Waals surface area contributed by atoms with Gasteiger partial charge < -0.3 is 5.11 Å². The summed E-state index contributed by atoms with van der Waals surface area (Å²) in [7, 11) is 0. The number of hydrogen-bond acceptors (Lipinski definition) is 2. The van der Waals surface area contributed by atoms with Crippen molar-refractivity contribution in [1.29, 1.82) is 0 Å². The highest BCUT2D eigenvalue weighted by Crippen LogP contribution is 2.24. The van der Waals surface area contributed by atoms with Crippen LogP contribution in [0.3, 0.4) is 0 Å². The summed E-state index contributed by atoms with van der Waals surface area (Å²) in [4.78, 5) is 11.3. The van der Waals surface area contributed by atoms with Crippen molar-refractivity contribution in [1.82, 2.24) is 0 Å². The van der Waals surface area contributed by atoms with Crippen LogP contribution in [0.5, 0.6) is 0 Å². The Morgan fingerprint density at radius 1 is 1.33 bits per heavy atom. The van der Waals surface area contributed by atoms with Gasteiger partial charge in [0.05, 0.1) is 6.61 Å². The fraction of sp³-hybridized carbons (Fsp3) is 0.300. The van der Waals surface area contributed by atoms with E-state index in [0.717, 1.165) is 23.1 Å². The largest absolute Gasteiger partial charge is 0.392 e. The van der Waals surface area contributed by atoms with Crippen molar-refractivity contribution in [2.24, 2.45) is 0 Å². The molecule has 0 saturated carbocycles. The number of benzene rings is 1. The van der Waals surface area contributed by atoms with E-state index < -0.39 is 0 Å². The lowest BCUT2D eigenvalue weighted by Crippen LogP contribution is -1.94. The lowest BCUT2D eigenvalue weighted by atomic mass is 10.0. The van der Waals surface area contributed by atoms with Gasteiger partial charge in [0.1, 0.15) is 0 Å². The average Bonchev–Trinajstić information content (AvgIpc) is 2.48. The lowest BCUT2D eigenvalue weighted by molar-refractivity contribution is 0.0994. The molecule has 0 unspecified atom stereocenters. The summed E-state index contributed by atoms with van der Waals surface area (Å²) < 4.78 is 0. The highest BCUT2D eigenvalue weighted by molar-refractivity contribution is 6.00. The summed E-state index contributed by atoms with van der Waals surface area (Å²) in [6, 6.07) is 5.54. The molecule has 2 rings (SSSR count). The molecule has 0 amide bonds. The molecule has 2 nitrogen and oxygen atoms in total. The molecule has 1 aromatic carbocycles. The number of fused-ring (bicyclic) bond motifs is 1. The number of aliphatic hydroxyl groups is 1. The Labute approximate surface area is 70.8 Å². The SMILES string of the molecule is O=C1CCc2c(CO)cccc21. The van der Waals surface area contributed by atoms with E-state index in [9.17, 15) is 4.79 Å². The van der Waals surface area contributed by atoms with Gasteiger partial charge in [0.25, 0.3) is 0 Å². The van der Waals surface area contributed by atoms with Crippen molar-refractivity contribution in [2.75, 3.05) is 0 Å². The number of ketones is 1. The third kappa shape index (κ3) is 0.959. The molecule has 0 aromatic heterocycles. The smallest absolute Gasteiger partial charge is 0.163 e. The maximum Gasteiger partial charge on any atom is 0.163 e. The molecule has 1 aliphatic rings. The molecule has 1 aliphatic carbocycles. The summed E-state index contributed by atoms with van der Waals surface area (Å²) in [5, 5.41) is 8.98. The first-order valence-corrected chi connectivity index (χ1v) is 4.08. The highest BCUT2D eigenvalue weighted by atomic mass is 16.3. The van der Waals surface area contributed by atoms with Gasteiger partial charge in [-0.05, 0) is 17.5 Å². The van der Waals surface area contributed by atoms with Crippen molar-refractivity contribution in [3.8, 4) is 0 Å². The number of carbonyl (C=O) groups is 1. The first kappa shape index (κ1) is 7.50. The van der Waals surface area contributed by atoms with Gasteiger partial charge in [-0.1, -0.05) is 18.2 Å². The second-order valence-electron chi connectivity index (χ2n) is 3.02. The third-order valence-corrected chi connectivity index (χ3v) is 2.35. The topological polar surface area (TPSA) is 37.3 Å². The molecule has 0 heterocycles. The summed E-state index contributed by atoms with van der Waals surface area (Å²) in [6.07, 6.45) is 1.40. The van der Waals surface area contributed by atoms with E-state index in [-0.39, 0.29) is 12.4 Å². The molecular formula is C10H10O2. The second-order valence-corrected chi connectivity index (χ2v) is 3.02. The Balaban J connectivity index is 2.58. The van der Waals surface area contributed by atoms with Crippen molar-refractivity contribution >= 4 is 5.78 Å². The maximum atomic E-state index is 11.3. The van der Waals surface area contributed by atoms with Crippen LogP contribution in [0, 0.1) is 0 Å². The zero-order valence-electron chi connectivity index (χ0n) is 6.71. The summed E-state index contributed by atoms with van der Waals surface area (Å²) in [5.74, 6) is 0.209. The summed E-state index contributed by atoms with van der Waals surface area (Å²) in [5.41, 5.74) is 2.75. The van der Waals surface area contributed by atoms with Crippen LogP contribution < -0.4 is 0 Å². The molecule has 0 saturated heterocycles. The van der Waals surface area contributed by atoms with E-state index in [0.29, 0.717) is 6.42 Å². The zero-order valence-corrected chi connectivity index (χ0v) is 6.71. The second kappa shape index (κ2) is 2.72. The van der Waals surface area contributed by atoms with E-state index in [1.54, 1.807) is 0 Å². The van der Waals surface area contributed by atoms with Crippen LogP contribution in [0.2, 0.25) is 0 Å². The molecule has 0 fully saturated rings. The molecule has 0 radical (unpaired) electrons. The van der Waals surface area contributed by atoms with Crippen LogP contribution in [0.25, 0.3) is 0 Å². The average molecular weight is 162 g/mol. The number of aliphatic hydroxyl groups excluding tert-OH is 1. The Hall–Kier alpha value is -1.15. The van der Waals surface area contributed by atoms with Gasteiger partial charge in [-0.25, -0.2) is 0 Å². The van der Waals surface area contributed by atoms with Crippen molar-refractivity contribution < 1.29 is 9.90 Å². The number of carbonyl (C=O) groups excluding carboxylic acids is 1. The van der Waals surface area contributed by atoms with E-state index in [2.05, 4.69) is 0 Å². The first-order chi connectivity index (χ1) is 5.83. The van der Waals surface area contributed by atoms with Crippen LogP contribution in [0.15, 0.2) is 18.2 Å². The predicted octanol–water partition coefficient (Wildman–Crippen LogP) is 1.31. The minimum atomic E-state index is 0.0381. The number of rotatable bonds is 1. The van der Waals surface area contributed by atoms with Crippen LogP contribution in [-0.2, 0) is 13.0 Å². The molecule has 0 spiro atoms. The quantitative estimate of drug-likeness (QED) is 0.676. The molecule has 12 heavy (non-hydrogen) atoms. The van der Waals surface area contributed by atoms with E-state index in [1.807, 2.05) is 18.2 Å². The highest BCUT2D eigenvalue weighted by Gasteiger charge is 2.20. The predicted molar refractivity (Wildman–Crippen MR) is 45.0 cm³/mol. The minimum Gasteiger partial charge on any atom is -0.392 e. The normalized spacial score (nSPS) is 14.9. The lowest BCUT2D eigenvalue weighted by Gasteiger charge is -2.02. The summed E-state index contributed by atoms with van der Waals surface area (Å²) in [6.45, 7) is 0.0381. The fourth-order valence-corrected chi connectivity index (χ4v) is 1.71. The van der Waals surface area contributed by atoms with Gasteiger partial charge in [0, 0.05) is 12.0 Å². The molecular weight excluding hydrogens is 152 g/mol. The van der Waals surface area contributed by atoms with Gasteiger partial charge >= 0.3 is 0 Å². The van der Waals surface area contributed by atoms with Gasteiger partial charge in [0.2, 0.25) is 0 Å². The zero-order chi connectivity index (χ0) is 8.55. The Kier molecular flexibility index (Phi) is 1.70. The van der Waals surface area contributed by atoms with E-state index in [1.165, 1.54) is 0 Å². The Bertz CT molecular complexity index is 329. The van der Waals surface area contributed by atoms with E-state index >= 15 is 0 Å². The minimum absolute atomic E-state index is 0.0381. The van der Waals surface area contributed by atoms with Crippen molar-refractivity contribution in [2.45, 2.75) is 19.4 Å². The molecule has 2 heteroatoms. The monoisotopic (exact) mass is 162 g/mol. The molecule has 1 aromatic rings. The summed E-state index contributed by atoms with van der Waals surface area (Å²) >= 11 is 0. The maximum absolute atomic E-state index is 11.3. The van der Waals surface area contributed by atoms with E-state index in [4.69, 9.17) is 5.11 Å². The van der Waals surface area contributed by atoms with Crippen LogP contribution in [-0.4, -0.2) is 10.9 Å². The fourth-order valence-electron chi connectivity index (χ4n) is 1.71. The Morgan fingerprint density at radius 3 is 2.92 bits per heavy atom. The van der Waals surface area contributed by atoms with Gasteiger partial charge in [-0.2, -0.15) is 0 Å². The third-order valence-electron chi connectivity index (χ3n) is 2.35. The number of hydrogen-bond donors (Lipinski definition) is 1. The van der Waals surface area contributed by atoms with Gasteiger partial charge in [-0.3, -0.25) is 4.79 Å². The molecule has 0 aliphatic heterocycles. The van der Waals surface area contributed by atoms with Crippen LogP contribution in [0.4, 0.5) is 0 Å². The molecule has 0 atom stereocenters. The first-order valence-electron chi connectivity index (χ1n) is 4.08. The van der Waals surface area contributed by atoms with Gasteiger partial charge in [0.15, 0.2) is 5.78 Å². The number of Topliss-reactive ketones (excluding diaryl/α,β-unsaturated/α-hetero) is 1. The van der Waals surface area contributed by atoms with Crippen LogP contribution >= 0.6 is 0 Å².